The number of methoxy groups -OCH3 is 1. The number of rotatable bonds is 11. The van der Waals surface area contributed by atoms with Gasteiger partial charge in [-0.1, -0.05) is 12.1 Å². The molecule has 2 fully saturated rings. The number of aromatic nitrogens is 7. The predicted molar refractivity (Wildman–Crippen MR) is 379 cm³/mol. The van der Waals surface area contributed by atoms with Gasteiger partial charge >= 0.3 is 11.9 Å². The Labute approximate surface area is 617 Å². The molecule has 105 heavy (non-hydrogen) atoms. The molecule has 5 aliphatic heterocycles. The van der Waals surface area contributed by atoms with Crippen LogP contribution in [0, 0.1) is 0 Å². The van der Waals surface area contributed by atoms with Gasteiger partial charge in [0.2, 0.25) is 11.8 Å². The molecule has 39 heteroatoms. The fourth-order valence-electron chi connectivity index (χ4n) is 13.2. The summed E-state index contributed by atoms with van der Waals surface area (Å²) in [4.78, 5) is 150. The SMILES string of the molecule is CO/C(C)=C1/NC(=O)C(C(C)O)NC(=O)c2csc(n2)-c2cc(O)c(-c3nc(C(=O)NC(CN4CCN(C)CC4)C(N)=O)cs3)nc2-c2csc(n2)C2COC(=O)c3c4c5c(cccc5n3O)COC(=O)C(O[C@H]3C[C@](C)(O)[C@H](N(C)C)[C@H](C)O3)C(OC4)C(NC(=O)c3csc1n3)c1nc(cs1)C(=O)N2. The quantitative estimate of drug-likeness (QED) is 0.0505. The van der Waals surface area contributed by atoms with Gasteiger partial charge in [0.1, 0.15) is 126 Å². The van der Waals surface area contributed by atoms with E-state index in [4.69, 9.17) is 49.1 Å². The summed E-state index contributed by atoms with van der Waals surface area (Å²) >= 11 is 4.55. The first-order valence-electron chi connectivity index (χ1n) is 32.8. The van der Waals surface area contributed by atoms with Crippen LogP contribution in [-0.4, -0.2) is 239 Å². The molecule has 8 aromatic rings. The first-order chi connectivity index (χ1) is 50.1. The highest BCUT2D eigenvalue weighted by atomic mass is 32.1. The van der Waals surface area contributed by atoms with Crippen molar-refractivity contribution in [3.63, 3.8) is 0 Å². The molecule has 6 amide bonds. The summed E-state index contributed by atoms with van der Waals surface area (Å²) in [5.41, 5.74) is 3.11. The normalized spacial score (nSPS) is 24.8. The highest BCUT2D eigenvalue weighted by Crippen LogP contribution is 2.43. The lowest BCUT2D eigenvalue weighted by Gasteiger charge is -2.48. The summed E-state index contributed by atoms with van der Waals surface area (Å²) in [7, 11) is 6.83. The van der Waals surface area contributed by atoms with Gasteiger partial charge in [0.15, 0.2) is 18.1 Å². The molecule has 0 saturated carbocycles. The fourth-order valence-corrected chi connectivity index (χ4v) is 17.4. The van der Waals surface area contributed by atoms with Crippen molar-refractivity contribution in [1.29, 1.82) is 0 Å². The molecule has 13 rings (SSSR count). The lowest BCUT2D eigenvalue weighted by atomic mass is 9.85. The lowest BCUT2D eigenvalue weighted by Crippen LogP contribution is -2.62. The van der Waals surface area contributed by atoms with Crippen molar-refractivity contribution in [2.75, 3.05) is 67.6 Å². The third-order valence-corrected chi connectivity index (χ3v) is 22.9. The van der Waals surface area contributed by atoms with Gasteiger partial charge in [0, 0.05) is 82.6 Å². The van der Waals surface area contributed by atoms with Crippen LogP contribution in [0.3, 0.4) is 0 Å². The number of pyridine rings is 1. The molecule has 7 aromatic heterocycles. The number of aliphatic hydroxyl groups is 2. The van der Waals surface area contributed by atoms with Crippen LogP contribution >= 0.6 is 56.7 Å². The number of thiazole rings is 5. The molecule has 1 aromatic carbocycles. The number of hydrogen-bond acceptors (Lipinski definition) is 32. The molecule has 12 heterocycles. The second-order valence-corrected chi connectivity index (χ2v) is 30.4. The van der Waals surface area contributed by atoms with E-state index in [0.717, 1.165) is 69.8 Å². The fraction of sp³-hybridized carbons (Fsp3) is 0.424. The van der Waals surface area contributed by atoms with Crippen molar-refractivity contribution >= 4 is 121 Å². The molecular weight excluding hydrogens is 1470 g/mol. The largest absolute Gasteiger partial charge is 0.506 e. The Hall–Kier alpha value is -9.36. The number of cyclic esters (lactones) is 2. The Bertz CT molecular complexity index is 4760. The summed E-state index contributed by atoms with van der Waals surface area (Å²) < 4.78 is 38.4. The van der Waals surface area contributed by atoms with Gasteiger partial charge in [0.05, 0.1) is 43.1 Å². The van der Waals surface area contributed by atoms with Crippen molar-refractivity contribution < 1.29 is 87.3 Å². The topological polar surface area (TPSA) is 451 Å². The lowest BCUT2D eigenvalue weighted by molar-refractivity contribution is -0.280. The number of hydrogen-bond donors (Lipinski definition) is 10. The molecule has 11 N–H and O–H groups in total. The van der Waals surface area contributed by atoms with Gasteiger partial charge in [0.25, 0.3) is 23.6 Å². The molecule has 2 saturated heterocycles. The monoisotopic (exact) mass is 1540 g/mol. The number of allylic oxidation sites excluding steroid dienone is 1. The first-order valence-corrected chi connectivity index (χ1v) is 37.2. The number of nitrogens with one attached hydrogen (secondary N) is 5. The number of likely N-dealkylation sites (N-methyl/N-ethyl adjacent to an activating group) is 2. The molecule has 554 valence electrons. The van der Waals surface area contributed by atoms with Crippen LogP contribution in [0.1, 0.15) is 125 Å². The molecule has 0 aliphatic carbocycles. The number of aliphatic hydroxyl groups excluding tert-OH is 1. The van der Waals surface area contributed by atoms with Crippen LogP contribution in [0.4, 0.5) is 0 Å². The van der Waals surface area contributed by atoms with E-state index in [0.29, 0.717) is 23.4 Å². The highest BCUT2D eigenvalue weighted by Gasteiger charge is 2.50. The third kappa shape index (κ3) is 15.1. The van der Waals surface area contributed by atoms with Crippen LogP contribution < -0.4 is 32.3 Å². The smallest absolute Gasteiger partial charge is 0.358 e. The maximum Gasteiger partial charge on any atom is 0.358 e. The highest BCUT2D eigenvalue weighted by molar-refractivity contribution is 7.14. The van der Waals surface area contributed by atoms with Crippen LogP contribution in [0.2, 0.25) is 0 Å². The number of nitrogens with zero attached hydrogens (tertiary/aromatic N) is 10. The second-order valence-electron chi connectivity index (χ2n) is 26.1. The van der Waals surface area contributed by atoms with E-state index in [1.54, 1.807) is 45.0 Å². The van der Waals surface area contributed by atoms with Gasteiger partial charge in [-0.05, 0) is 66.5 Å². The Kier molecular flexibility index (Phi) is 21.3. The molecule has 12 bridgehead atoms. The van der Waals surface area contributed by atoms with E-state index in [1.165, 1.54) is 60.0 Å². The van der Waals surface area contributed by atoms with Gasteiger partial charge in [-0.3, -0.25) is 33.7 Å². The summed E-state index contributed by atoms with van der Waals surface area (Å²) in [5, 5.41) is 68.5. The van der Waals surface area contributed by atoms with Crippen LogP contribution in [0.5, 0.6) is 5.75 Å². The van der Waals surface area contributed by atoms with Crippen molar-refractivity contribution in [2.45, 2.75) is 114 Å². The minimum absolute atomic E-state index is 0.0121. The number of carbonyl (C=O) groups excluding carboxylic acids is 8. The molecule has 34 nitrogen and oxygen atoms in total. The Morgan fingerprint density at radius 1 is 0.838 bits per heavy atom. The molecule has 0 radical (unpaired) electrons. The van der Waals surface area contributed by atoms with Gasteiger partial charge in [-0.15, -0.1) is 56.7 Å². The standard InChI is InChI=1S/C66H72N16O18S5/c1-27(83)44-58(90)77-45(28(2)95-8)61-72-39(26-103-61)57(89)78-48-50-51(100-42-17-66(4,93)52(79(5)6)29(3)99-42)65(92)97-19-30-10-9-11-40-43(30)32(20-96-50)49(82(40)94)64(91)98-21-34(69-55(87)37-25-105-63(48)74-37)60-70-35(22-102-60)46-31(59-71-38(23-101-59)56(88)76-44)16-41(84)47(75-46)62-73-36(24-104-62)54(86)68-33(53(67)85)18-81-14-12-80(7)13-15-81/h9-11,16,22-27,29,33-34,42,44,48,50-52,83-84,93-94H,12-15,17-21H2,1-8H3,(H2,67,85)(H,68,86)(H,69,87)(H,76,88)(H,77,90)(H,78,89)/b45-28+/t27?,29-,33?,34?,42-,44?,48?,50?,51?,52+,66-/m0/s1. The van der Waals surface area contributed by atoms with Crippen molar-refractivity contribution in [1.82, 2.24) is 75.9 Å². The average Bonchev–Trinajstić information content (AvgIpc) is 1.75. The van der Waals surface area contributed by atoms with E-state index in [9.17, 15) is 39.7 Å². The van der Waals surface area contributed by atoms with Crippen LogP contribution in [-0.2, 0) is 56.0 Å². The number of aromatic hydroxyl groups is 1. The second kappa shape index (κ2) is 30.2. The zero-order chi connectivity index (χ0) is 74.6. The van der Waals surface area contributed by atoms with Gasteiger partial charge in [-0.2, -0.15) is 4.73 Å². The number of ether oxygens (including phenoxy) is 6. The molecule has 11 atom stereocenters. The van der Waals surface area contributed by atoms with Gasteiger partial charge < -0.3 is 91.1 Å². The first kappa shape index (κ1) is 73.9. The van der Waals surface area contributed by atoms with Gasteiger partial charge in [-0.25, -0.2) is 39.5 Å². The Balaban J connectivity index is 0.955. The maximum absolute atomic E-state index is 15.2. The Morgan fingerprint density at radius 2 is 1.50 bits per heavy atom. The van der Waals surface area contributed by atoms with Crippen LogP contribution in [0.15, 0.2) is 56.9 Å². The molecular formula is C66H72N16O18S5. The average molecular weight is 1540 g/mol. The number of benzene rings is 1. The van der Waals surface area contributed by atoms with Crippen molar-refractivity contribution in [2.24, 2.45) is 5.73 Å². The van der Waals surface area contributed by atoms with E-state index >= 15 is 19.2 Å². The predicted octanol–water partition coefficient (Wildman–Crippen LogP) is 2.99. The van der Waals surface area contributed by atoms with Crippen LogP contribution in [0.25, 0.3) is 49.3 Å². The van der Waals surface area contributed by atoms with Crippen molar-refractivity contribution in [3.05, 3.63) is 112 Å². The molecule has 5 aliphatic rings. The molecule has 7 unspecified atom stereocenters. The number of esters is 2. The maximum atomic E-state index is 15.2. The van der Waals surface area contributed by atoms with Crippen molar-refractivity contribution in [3.8, 4) is 38.4 Å². The number of piperazine rings is 1. The number of carbonyl (C=O) groups is 8. The van der Waals surface area contributed by atoms with E-state index < -0.39 is 145 Å². The summed E-state index contributed by atoms with van der Waals surface area (Å²) in [6.07, 6.45) is -7.56. The minimum Gasteiger partial charge on any atom is -0.506 e. The number of amides is 6. The Morgan fingerprint density at radius 3 is 2.22 bits per heavy atom. The molecule has 0 spiro atoms. The van der Waals surface area contributed by atoms with E-state index in [-0.39, 0.29) is 111 Å². The minimum atomic E-state index is -1.92. The zero-order valence-electron chi connectivity index (χ0n) is 57.4. The van der Waals surface area contributed by atoms with E-state index in [2.05, 4.69) is 46.4 Å². The zero-order valence-corrected chi connectivity index (χ0v) is 61.5. The third-order valence-electron chi connectivity index (χ3n) is 18.4. The number of primary amides is 1. The summed E-state index contributed by atoms with van der Waals surface area (Å²) in [6.45, 7) is 7.18. The van der Waals surface area contributed by atoms with E-state index in [1.807, 2.05) is 11.9 Å². The summed E-state index contributed by atoms with van der Waals surface area (Å²) in [5.74, 6) is -7.86. The number of nitrogens with two attached hydrogens (primary N) is 1. The number of fused-ring (bicyclic) bond motifs is 15. The summed E-state index contributed by atoms with van der Waals surface area (Å²) in [6, 6.07) is -0.403.